The van der Waals surface area contributed by atoms with Crippen molar-refractivity contribution in [2.45, 2.75) is 12.8 Å². The van der Waals surface area contributed by atoms with E-state index in [1.807, 2.05) is 0 Å². The number of nitrogens with one attached hydrogen (secondary N) is 1. The normalized spacial score (nSPS) is 9.40. The van der Waals surface area contributed by atoms with Crippen LogP contribution in [-0.4, -0.2) is 5.91 Å². The Morgan fingerprint density at radius 3 is 2.93 bits per heavy atom. The summed E-state index contributed by atoms with van der Waals surface area (Å²) in [6.07, 6.45) is 5.56. The Hall–Kier alpha value is -1.34. The molecule has 0 radical (unpaired) electrons. The summed E-state index contributed by atoms with van der Waals surface area (Å²) in [5, 5.41) is 2.44. The highest BCUT2D eigenvalue weighted by atomic mass is 79.9. The first-order valence-electron chi connectivity index (χ1n) is 4.32. The van der Waals surface area contributed by atoms with Gasteiger partial charge in [0.05, 0.1) is 5.69 Å². The van der Waals surface area contributed by atoms with Crippen LogP contribution in [0.15, 0.2) is 22.7 Å². The van der Waals surface area contributed by atoms with Crippen molar-refractivity contribution < 1.29 is 9.18 Å². The van der Waals surface area contributed by atoms with Crippen LogP contribution < -0.4 is 5.32 Å². The molecule has 0 unspecified atom stereocenters. The molecule has 0 saturated carbocycles. The fourth-order valence-corrected chi connectivity index (χ4v) is 1.32. The van der Waals surface area contributed by atoms with Gasteiger partial charge in [-0.3, -0.25) is 4.79 Å². The van der Waals surface area contributed by atoms with Gasteiger partial charge in [0, 0.05) is 17.3 Å². The third-order valence-corrected chi connectivity index (χ3v) is 2.19. The summed E-state index contributed by atoms with van der Waals surface area (Å²) in [5.74, 6) is 1.59. The molecule has 1 aromatic rings. The molecule has 4 heteroatoms. The molecule has 1 rings (SSSR count). The van der Waals surface area contributed by atoms with E-state index in [0.717, 1.165) is 0 Å². The molecule has 0 aromatic heterocycles. The third kappa shape index (κ3) is 3.72. The lowest BCUT2D eigenvalue weighted by molar-refractivity contribution is -0.116. The average molecular weight is 270 g/mol. The van der Waals surface area contributed by atoms with Crippen molar-refractivity contribution in [3.8, 4) is 12.3 Å². The number of hydrogen-bond donors (Lipinski definition) is 1. The molecule has 0 aliphatic carbocycles. The van der Waals surface area contributed by atoms with Crippen LogP contribution >= 0.6 is 15.9 Å². The number of hydrogen-bond acceptors (Lipinski definition) is 1. The molecule has 0 heterocycles. The minimum atomic E-state index is -0.474. The van der Waals surface area contributed by atoms with Crippen LogP contribution in [0.3, 0.4) is 0 Å². The molecule has 15 heavy (non-hydrogen) atoms. The Morgan fingerprint density at radius 2 is 2.33 bits per heavy atom. The Labute approximate surface area is 96.0 Å². The predicted octanol–water partition coefficient (Wildman–Crippen LogP) is 2.94. The number of anilines is 1. The van der Waals surface area contributed by atoms with E-state index in [0.29, 0.717) is 10.9 Å². The van der Waals surface area contributed by atoms with Gasteiger partial charge in [-0.1, -0.05) is 15.9 Å². The standard InChI is InChI=1S/C11H9BrFNO/c1-2-3-4-11(15)14-10-6-5-8(12)7-9(10)13/h1,5-7H,3-4H2,(H,14,15). The minimum Gasteiger partial charge on any atom is -0.324 e. The van der Waals surface area contributed by atoms with E-state index in [1.165, 1.54) is 12.1 Å². The van der Waals surface area contributed by atoms with Crippen LogP contribution in [0.1, 0.15) is 12.8 Å². The van der Waals surface area contributed by atoms with Crippen LogP contribution in [0, 0.1) is 18.2 Å². The second-order valence-electron chi connectivity index (χ2n) is 2.88. The maximum Gasteiger partial charge on any atom is 0.225 e. The van der Waals surface area contributed by atoms with Crippen LogP contribution in [0.25, 0.3) is 0 Å². The van der Waals surface area contributed by atoms with E-state index in [1.54, 1.807) is 6.07 Å². The quantitative estimate of drug-likeness (QED) is 0.840. The van der Waals surface area contributed by atoms with Crippen molar-refractivity contribution in [1.29, 1.82) is 0 Å². The number of rotatable bonds is 3. The first-order valence-corrected chi connectivity index (χ1v) is 5.11. The molecule has 0 saturated heterocycles. The average Bonchev–Trinajstić information content (AvgIpc) is 2.19. The van der Waals surface area contributed by atoms with Crippen molar-refractivity contribution in [2.24, 2.45) is 0 Å². The van der Waals surface area contributed by atoms with Gasteiger partial charge >= 0.3 is 0 Å². The van der Waals surface area contributed by atoms with Gasteiger partial charge in [0.2, 0.25) is 5.91 Å². The molecule has 0 aliphatic rings. The summed E-state index contributed by atoms with van der Waals surface area (Å²) in [6.45, 7) is 0. The largest absolute Gasteiger partial charge is 0.324 e. The van der Waals surface area contributed by atoms with E-state index in [-0.39, 0.29) is 18.0 Å². The third-order valence-electron chi connectivity index (χ3n) is 1.70. The molecule has 78 valence electrons. The number of halogens is 2. The zero-order chi connectivity index (χ0) is 11.3. The van der Waals surface area contributed by atoms with Gasteiger partial charge < -0.3 is 5.32 Å². The summed E-state index contributed by atoms with van der Waals surface area (Å²) in [6, 6.07) is 4.43. The summed E-state index contributed by atoms with van der Waals surface area (Å²) in [5.41, 5.74) is 0.167. The summed E-state index contributed by atoms with van der Waals surface area (Å²) < 4.78 is 13.9. The Balaban J connectivity index is 2.65. The predicted molar refractivity (Wildman–Crippen MR) is 60.8 cm³/mol. The summed E-state index contributed by atoms with van der Waals surface area (Å²) in [4.78, 5) is 11.2. The fourth-order valence-electron chi connectivity index (χ4n) is 0.989. The van der Waals surface area contributed by atoms with Crippen molar-refractivity contribution in [1.82, 2.24) is 0 Å². The van der Waals surface area contributed by atoms with Gasteiger partial charge in [0.25, 0.3) is 0 Å². The van der Waals surface area contributed by atoms with Gasteiger partial charge in [-0.15, -0.1) is 12.3 Å². The lowest BCUT2D eigenvalue weighted by Gasteiger charge is -2.05. The highest BCUT2D eigenvalue weighted by Crippen LogP contribution is 2.19. The molecule has 1 aromatic carbocycles. The van der Waals surface area contributed by atoms with E-state index < -0.39 is 5.82 Å². The molecule has 0 spiro atoms. The summed E-state index contributed by atoms with van der Waals surface area (Å²) in [7, 11) is 0. The molecule has 0 fully saturated rings. The summed E-state index contributed by atoms with van der Waals surface area (Å²) >= 11 is 3.13. The van der Waals surface area contributed by atoms with E-state index in [2.05, 4.69) is 27.2 Å². The maximum atomic E-state index is 13.2. The Kier molecular flexibility index (Phi) is 4.32. The second-order valence-corrected chi connectivity index (χ2v) is 3.79. The first kappa shape index (κ1) is 11.7. The smallest absolute Gasteiger partial charge is 0.225 e. The van der Waals surface area contributed by atoms with Crippen molar-refractivity contribution in [3.63, 3.8) is 0 Å². The fraction of sp³-hybridized carbons (Fsp3) is 0.182. The number of carbonyl (C=O) groups is 1. The SMILES string of the molecule is C#CCCC(=O)Nc1ccc(Br)cc1F. The Morgan fingerprint density at radius 1 is 1.60 bits per heavy atom. The van der Waals surface area contributed by atoms with Crippen molar-refractivity contribution >= 4 is 27.5 Å². The number of carbonyl (C=O) groups excluding carboxylic acids is 1. The molecule has 1 amide bonds. The van der Waals surface area contributed by atoms with Crippen molar-refractivity contribution in [2.75, 3.05) is 5.32 Å². The van der Waals surface area contributed by atoms with Crippen LogP contribution in [0.5, 0.6) is 0 Å². The molecular weight excluding hydrogens is 261 g/mol. The molecule has 0 bridgehead atoms. The van der Waals surface area contributed by atoms with E-state index >= 15 is 0 Å². The van der Waals surface area contributed by atoms with Gasteiger partial charge in [0.15, 0.2) is 0 Å². The van der Waals surface area contributed by atoms with Crippen LogP contribution in [0.4, 0.5) is 10.1 Å². The lowest BCUT2D eigenvalue weighted by Crippen LogP contribution is -2.11. The monoisotopic (exact) mass is 269 g/mol. The molecular formula is C11H9BrFNO. The number of terminal acetylenes is 1. The van der Waals surface area contributed by atoms with Gasteiger partial charge in [-0.2, -0.15) is 0 Å². The molecule has 1 N–H and O–H groups in total. The van der Waals surface area contributed by atoms with E-state index in [4.69, 9.17) is 6.42 Å². The zero-order valence-corrected chi connectivity index (χ0v) is 9.47. The maximum absolute atomic E-state index is 13.2. The van der Waals surface area contributed by atoms with E-state index in [9.17, 15) is 9.18 Å². The van der Waals surface area contributed by atoms with Crippen molar-refractivity contribution in [3.05, 3.63) is 28.5 Å². The number of amides is 1. The number of benzene rings is 1. The first-order chi connectivity index (χ1) is 7.13. The van der Waals surface area contributed by atoms with Gasteiger partial charge in [-0.25, -0.2) is 4.39 Å². The van der Waals surface area contributed by atoms with Crippen LogP contribution in [0.2, 0.25) is 0 Å². The topological polar surface area (TPSA) is 29.1 Å². The highest BCUT2D eigenvalue weighted by molar-refractivity contribution is 9.10. The highest BCUT2D eigenvalue weighted by Gasteiger charge is 2.06. The van der Waals surface area contributed by atoms with Gasteiger partial charge in [0.1, 0.15) is 5.82 Å². The lowest BCUT2D eigenvalue weighted by atomic mass is 10.2. The molecule has 0 atom stereocenters. The Bertz CT molecular complexity index is 412. The van der Waals surface area contributed by atoms with Crippen LogP contribution in [-0.2, 0) is 4.79 Å². The minimum absolute atomic E-state index is 0.167. The zero-order valence-electron chi connectivity index (χ0n) is 7.89. The van der Waals surface area contributed by atoms with Gasteiger partial charge in [-0.05, 0) is 18.2 Å². The molecule has 2 nitrogen and oxygen atoms in total. The molecule has 0 aliphatic heterocycles. The second kappa shape index (κ2) is 5.52.